The first-order chi connectivity index (χ1) is 13.7. The second kappa shape index (κ2) is 8.78. The highest BCUT2D eigenvalue weighted by Gasteiger charge is 2.24. The molecule has 0 radical (unpaired) electrons. The van der Waals surface area contributed by atoms with Crippen molar-refractivity contribution >= 4 is 23.1 Å². The number of alkyl carbamates (subject to hydrolysis) is 1. The summed E-state index contributed by atoms with van der Waals surface area (Å²) in [6.07, 6.45) is 6.00. The van der Waals surface area contributed by atoms with Crippen LogP contribution in [0.2, 0.25) is 0 Å². The van der Waals surface area contributed by atoms with Crippen molar-refractivity contribution in [1.29, 1.82) is 0 Å². The molecule has 1 aromatic carbocycles. The third-order valence-corrected chi connectivity index (χ3v) is 4.56. The van der Waals surface area contributed by atoms with Crippen LogP contribution in [0.5, 0.6) is 5.75 Å². The summed E-state index contributed by atoms with van der Waals surface area (Å²) in [5, 5.41) is 3.52. The van der Waals surface area contributed by atoms with E-state index in [1.165, 1.54) is 12.3 Å². The van der Waals surface area contributed by atoms with Crippen molar-refractivity contribution in [3.8, 4) is 5.75 Å². The molecule has 2 heterocycles. The zero-order chi connectivity index (χ0) is 21.0. The molecule has 29 heavy (non-hydrogen) atoms. The summed E-state index contributed by atoms with van der Waals surface area (Å²) in [5.41, 5.74) is 0.920. The average molecular weight is 402 g/mol. The smallest absolute Gasteiger partial charge is 0.407 e. The van der Waals surface area contributed by atoms with Gasteiger partial charge in [0.1, 0.15) is 17.2 Å². The Kier molecular flexibility index (Phi) is 6.37. The number of benzene rings is 1. The number of pyridine rings is 1. The first kappa shape index (κ1) is 21.0. The van der Waals surface area contributed by atoms with Gasteiger partial charge in [0.05, 0.1) is 37.6 Å². The van der Waals surface area contributed by atoms with Crippen molar-refractivity contribution in [3.05, 3.63) is 41.9 Å². The van der Waals surface area contributed by atoms with E-state index in [1.54, 1.807) is 13.2 Å². The summed E-state index contributed by atoms with van der Waals surface area (Å²) in [6, 6.07) is 4.98. The van der Waals surface area contributed by atoms with Gasteiger partial charge in [0.25, 0.3) is 0 Å². The Balaban J connectivity index is 1.65. The number of halogens is 1. The van der Waals surface area contributed by atoms with E-state index in [-0.39, 0.29) is 12.1 Å². The molecule has 156 valence electrons. The SMILES string of the molecule is COc1ccc2ncc(F)cc2c1C=C[C@@H]1CC[C@@H](NC(=O)OC(C)(C)C)CO1. The lowest BCUT2D eigenvalue weighted by molar-refractivity contribution is 0.0136. The number of aromatic nitrogens is 1. The van der Waals surface area contributed by atoms with Crippen molar-refractivity contribution in [3.63, 3.8) is 0 Å². The van der Waals surface area contributed by atoms with E-state index in [0.717, 1.165) is 18.4 Å². The summed E-state index contributed by atoms with van der Waals surface area (Å²) >= 11 is 0. The molecule has 0 unspecified atom stereocenters. The number of amides is 1. The van der Waals surface area contributed by atoms with Crippen molar-refractivity contribution in [2.24, 2.45) is 0 Å². The minimum atomic E-state index is -0.531. The highest BCUT2D eigenvalue weighted by atomic mass is 19.1. The molecule has 1 aliphatic rings. The number of ether oxygens (including phenoxy) is 3. The molecule has 1 N–H and O–H groups in total. The number of hydrogen-bond donors (Lipinski definition) is 1. The molecule has 0 spiro atoms. The van der Waals surface area contributed by atoms with Gasteiger partial charge in [0.2, 0.25) is 0 Å². The van der Waals surface area contributed by atoms with Gasteiger partial charge in [-0.2, -0.15) is 0 Å². The van der Waals surface area contributed by atoms with Crippen LogP contribution in [0.4, 0.5) is 9.18 Å². The molecule has 0 aliphatic carbocycles. The fourth-order valence-corrected chi connectivity index (χ4v) is 3.24. The number of carbonyl (C=O) groups is 1. The van der Waals surface area contributed by atoms with E-state index in [1.807, 2.05) is 39.0 Å². The van der Waals surface area contributed by atoms with E-state index in [2.05, 4.69) is 10.3 Å². The van der Waals surface area contributed by atoms with Gasteiger partial charge >= 0.3 is 6.09 Å². The maximum atomic E-state index is 13.7. The van der Waals surface area contributed by atoms with Crippen LogP contribution in [0.1, 0.15) is 39.2 Å². The second-order valence-corrected chi connectivity index (χ2v) is 8.05. The Morgan fingerprint density at radius 2 is 2.14 bits per heavy atom. The monoisotopic (exact) mass is 402 g/mol. The van der Waals surface area contributed by atoms with Gasteiger partial charge in [-0.1, -0.05) is 12.2 Å². The van der Waals surface area contributed by atoms with E-state index < -0.39 is 17.5 Å². The molecule has 1 saturated heterocycles. The van der Waals surface area contributed by atoms with Crippen LogP contribution in [0.15, 0.2) is 30.5 Å². The van der Waals surface area contributed by atoms with Gasteiger partial charge in [0, 0.05) is 10.9 Å². The lowest BCUT2D eigenvalue weighted by Gasteiger charge is -2.29. The molecule has 2 atom stereocenters. The van der Waals surface area contributed by atoms with Gasteiger partial charge in [-0.25, -0.2) is 9.18 Å². The van der Waals surface area contributed by atoms with Gasteiger partial charge in [-0.15, -0.1) is 0 Å². The largest absolute Gasteiger partial charge is 0.496 e. The van der Waals surface area contributed by atoms with Crippen molar-refractivity contribution in [2.75, 3.05) is 13.7 Å². The first-order valence-corrected chi connectivity index (χ1v) is 9.67. The Morgan fingerprint density at radius 1 is 1.34 bits per heavy atom. The van der Waals surface area contributed by atoms with Gasteiger partial charge < -0.3 is 19.5 Å². The summed E-state index contributed by atoms with van der Waals surface area (Å²) < 4.78 is 30.3. The fraction of sp³-hybridized carbons (Fsp3) is 0.455. The first-order valence-electron chi connectivity index (χ1n) is 9.67. The number of carbonyl (C=O) groups excluding carboxylic acids is 1. The van der Waals surface area contributed by atoms with E-state index in [9.17, 15) is 9.18 Å². The predicted molar refractivity (Wildman–Crippen MR) is 109 cm³/mol. The third kappa shape index (κ3) is 5.67. The van der Waals surface area contributed by atoms with E-state index >= 15 is 0 Å². The quantitative estimate of drug-likeness (QED) is 0.817. The number of nitrogens with zero attached hydrogens (tertiary/aromatic N) is 1. The van der Waals surface area contributed by atoms with E-state index in [4.69, 9.17) is 14.2 Å². The number of hydrogen-bond acceptors (Lipinski definition) is 5. The van der Waals surface area contributed by atoms with Gasteiger partial charge in [-0.05, 0) is 51.8 Å². The summed E-state index contributed by atoms with van der Waals surface area (Å²) in [5.74, 6) is 0.242. The number of fused-ring (bicyclic) bond motifs is 1. The predicted octanol–water partition coefficient (Wildman–Crippen LogP) is 4.47. The number of nitrogens with one attached hydrogen (secondary N) is 1. The van der Waals surface area contributed by atoms with Gasteiger partial charge in [-0.3, -0.25) is 4.98 Å². The molecule has 1 aromatic heterocycles. The zero-order valence-corrected chi connectivity index (χ0v) is 17.2. The third-order valence-electron chi connectivity index (χ3n) is 4.56. The molecule has 2 aromatic rings. The average Bonchev–Trinajstić information content (AvgIpc) is 2.65. The molecule has 0 bridgehead atoms. The molecular weight excluding hydrogens is 375 g/mol. The lowest BCUT2D eigenvalue weighted by Crippen LogP contribution is -2.44. The van der Waals surface area contributed by atoms with Crippen LogP contribution in [0.3, 0.4) is 0 Å². The molecule has 6 nitrogen and oxygen atoms in total. The highest BCUT2D eigenvalue weighted by Crippen LogP contribution is 2.29. The van der Waals surface area contributed by atoms with Crippen molar-refractivity contribution < 1.29 is 23.4 Å². The van der Waals surface area contributed by atoms with Crippen LogP contribution in [0.25, 0.3) is 17.0 Å². The maximum Gasteiger partial charge on any atom is 0.407 e. The molecular formula is C22H27FN2O4. The normalized spacial score (nSPS) is 20.0. The van der Waals surface area contributed by atoms with Gasteiger partial charge in [0.15, 0.2) is 0 Å². The van der Waals surface area contributed by atoms with Crippen LogP contribution in [-0.4, -0.2) is 42.5 Å². The van der Waals surface area contributed by atoms with Crippen molar-refractivity contribution in [1.82, 2.24) is 10.3 Å². The molecule has 1 fully saturated rings. The van der Waals surface area contributed by atoms with Crippen LogP contribution < -0.4 is 10.1 Å². The summed E-state index contributed by atoms with van der Waals surface area (Å²) in [4.78, 5) is 16.0. The maximum absolute atomic E-state index is 13.7. The standard InChI is InChI=1S/C22H27FN2O4/c1-22(2,3)29-21(26)25-15-5-6-16(28-13-15)7-8-17-18-11-14(23)12-24-19(18)9-10-20(17)27-4/h7-12,15-16H,5-6,13H2,1-4H3,(H,25,26)/t15-,16+/m1/s1. The van der Waals surface area contributed by atoms with E-state index in [0.29, 0.717) is 23.3 Å². The van der Waals surface area contributed by atoms with Crippen LogP contribution in [0, 0.1) is 5.82 Å². The zero-order valence-electron chi connectivity index (χ0n) is 17.2. The van der Waals surface area contributed by atoms with Crippen molar-refractivity contribution in [2.45, 2.75) is 51.4 Å². The minimum Gasteiger partial charge on any atom is -0.496 e. The minimum absolute atomic E-state index is 0.0834. The Labute approximate surface area is 170 Å². The Morgan fingerprint density at radius 3 is 2.79 bits per heavy atom. The molecule has 0 saturated carbocycles. The summed E-state index contributed by atoms with van der Waals surface area (Å²) in [6.45, 7) is 5.88. The number of methoxy groups -OCH3 is 1. The Hall–Kier alpha value is -2.67. The molecule has 3 rings (SSSR count). The second-order valence-electron chi connectivity index (χ2n) is 8.05. The van der Waals surface area contributed by atoms with Crippen LogP contribution >= 0.6 is 0 Å². The number of rotatable bonds is 4. The topological polar surface area (TPSA) is 69.7 Å². The fourth-order valence-electron chi connectivity index (χ4n) is 3.24. The van der Waals surface area contributed by atoms with Crippen LogP contribution in [-0.2, 0) is 9.47 Å². The molecule has 7 heteroatoms. The Bertz CT molecular complexity index is 900. The highest BCUT2D eigenvalue weighted by molar-refractivity contribution is 5.90. The molecule has 1 amide bonds. The summed E-state index contributed by atoms with van der Waals surface area (Å²) in [7, 11) is 1.58. The lowest BCUT2D eigenvalue weighted by atomic mass is 10.0. The molecule has 1 aliphatic heterocycles.